The van der Waals surface area contributed by atoms with Gasteiger partial charge >= 0.3 is 0 Å². The van der Waals surface area contributed by atoms with Gasteiger partial charge in [-0.1, -0.05) is 20.8 Å². The molecule has 2 N–H and O–H groups in total. The molecule has 0 aromatic carbocycles. The topological polar surface area (TPSA) is 40.5 Å². The Bertz CT molecular complexity index is 91.8. The van der Waals surface area contributed by atoms with Gasteiger partial charge in [0.25, 0.3) is 0 Å². The third-order valence-electron chi connectivity index (χ3n) is 2.54. The summed E-state index contributed by atoms with van der Waals surface area (Å²) in [7, 11) is 0. The second-order valence-corrected chi connectivity index (χ2v) is 3.67. The Labute approximate surface area is 62.9 Å². The molecular formula is C8H18O2. The molecule has 0 aliphatic carbocycles. The smallest absolute Gasteiger partial charge is 0.0689 e. The summed E-state index contributed by atoms with van der Waals surface area (Å²) in [6.45, 7) is 7.40. The minimum atomic E-state index is -0.762. The van der Waals surface area contributed by atoms with E-state index in [2.05, 4.69) is 0 Å². The van der Waals surface area contributed by atoms with Crippen molar-refractivity contribution in [1.82, 2.24) is 0 Å². The summed E-state index contributed by atoms with van der Waals surface area (Å²) in [4.78, 5) is 0. The minimum absolute atomic E-state index is 0.0217. The number of aliphatic hydroxyl groups is 2. The largest absolute Gasteiger partial charge is 0.396 e. The zero-order chi connectivity index (χ0) is 8.41. The first-order valence-corrected chi connectivity index (χ1v) is 3.70. The van der Waals surface area contributed by atoms with Crippen LogP contribution in [-0.2, 0) is 0 Å². The van der Waals surface area contributed by atoms with Gasteiger partial charge in [-0.2, -0.15) is 0 Å². The molecule has 1 unspecified atom stereocenters. The molecule has 0 saturated carbocycles. The lowest BCUT2D eigenvalue weighted by Gasteiger charge is -2.37. The molecule has 62 valence electrons. The molecule has 0 radical (unpaired) electrons. The fourth-order valence-electron chi connectivity index (χ4n) is 0.649. The van der Waals surface area contributed by atoms with Gasteiger partial charge in [-0.25, -0.2) is 0 Å². The highest BCUT2D eigenvalue weighted by Crippen LogP contribution is 2.32. The van der Waals surface area contributed by atoms with Crippen molar-refractivity contribution in [1.29, 1.82) is 0 Å². The Morgan fingerprint density at radius 2 is 1.60 bits per heavy atom. The molecule has 2 nitrogen and oxygen atoms in total. The molecule has 0 aromatic rings. The fourth-order valence-corrected chi connectivity index (χ4v) is 0.649. The van der Waals surface area contributed by atoms with Crippen molar-refractivity contribution < 1.29 is 10.2 Å². The van der Waals surface area contributed by atoms with Gasteiger partial charge in [-0.15, -0.1) is 0 Å². The molecule has 1 atom stereocenters. The van der Waals surface area contributed by atoms with Crippen LogP contribution < -0.4 is 0 Å². The monoisotopic (exact) mass is 146 g/mol. The van der Waals surface area contributed by atoms with Gasteiger partial charge in [0.15, 0.2) is 0 Å². The van der Waals surface area contributed by atoms with E-state index in [9.17, 15) is 5.11 Å². The van der Waals surface area contributed by atoms with Crippen LogP contribution >= 0.6 is 0 Å². The quantitative estimate of drug-likeness (QED) is 0.627. The molecule has 0 aliphatic heterocycles. The Hall–Kier alpha value is -0.0800. The Morgan fingerprint density at radius 3 is 1.70 bits per heavy atom. The van der Waals surface area contributed by atoms with Gasteiger partial charge in [0.05, 0.1) is 12.2 Å². The first-order chi connectivity index (χ1) is 4.37. The normalized spacial score (nSPS) is 18.6. The van der Waals surface area contributed by atoms with Gasteiger partial charge < -0.3 is 10.2 Å². The summed E-state index contributed by atoms with van der Waals surface area (Å²) in [5.41, 5.74) is -1.16. The third kappa shape index (κ3) is 1.70. The van der Waals surface area contributed by atoms with E-state index in [0.717, 1.165) is 0 Å². The van der Waals surface area contributed by atoms with E-state index in [0.29, 0.717) is 6.42 Å². The summed E-state index contributed by atoms with van der Waals surface area (Å²) >= 11 is 0. The number of hydrogen-bond acceptors (Lipinski definition) is 2. The molecular weight excluding hydrogens is 128 g/mol. The highest BCUT2D eigenvalue weighted by atomic mass is 16.3. The maximum atomic E-state index is 9.69. The number of rotatable bonds is 3. The van der Waals surface area contributed by atoms with Crippen molar-refractivity contribution in [2.24, 2.45) is 5.41 Å². The van der Waals surface area contributed by atoms with Crippen LogP contribution in [0.2, 0.25) is 0 Å². The van der Waals surface area contributed by atoms with E-state index in [4.69, 9.17) is 5.11 Å². The summed E-state index contributed by atoms with van der Waals surface area (Å²) in [6, 6.07) is 0. The van der Waals surface area contributed by atoms with E-state index >= 15 is 0 Å². The molecule has 0 bridgehead atoms. The number of hydrogen-bond donors (Lipinski definition) is 2. The van der Waals surface area contributed by atoms with Crippen LogP contribution in [0, 0.1) is 5.41 Å². The lowest BCUT2D eigenvalue weighted by atomic mass is 9.75. The van der Waals surface area contributed by atoms with Gasteiger partial charge in [0.1, 0.15) is 0 Å². The second kappa shape index (κ2) is 2.89. The maximum absolute atomic E-state index is 9.69. The van der Waals surface area contributed by atoms with E-state index in [1.54, 1.807) is 6.92 Å². The summed E-state index contributed by atoms with van der Waals surface area (Å²) < 4.78 is 0. The van der Waals surface area contributed by atoms with Gasteiger partial charge in [-0.05, 0) is 13.3 Å². The summed E-state index contributed by atoms with van der Waals surface area (Å²) in [6.07, 6.45) is 0.667. The molecule has 2 heteroatoms. The van der Waals surface area contributed by atoms with Crippen LogP contribution in [-0.4, -0.2) is 22.4 Å². The Kier molecular flexibility index (Phi) is 2.86. The molecule has 0 heterocycles. The lowest BCUT2D eigenvalue weighted by molar-refractivity contribution is -0.0788. The van der Waals surface area contributed by atoms with Crippen LogP contribution in [0.3, 0.4) is 0 Å². The molecule has 0 amide bonds. The predicted octanol–water partition coefficient (Wildman–Crippen LogP) is 1.17. The lowest BCUT2D eigenvalue weighted by Crippen LogP contribution is -2.43. The molecule has 0 rings (SSSR count). The highest BCUT2D eigenvalue weighted by molar-refractivity contribution is 4.87. The molecule has 10 heavy (non-hydrogen) atoms. The minimum Gasteiger partial charge on any atom is -0.396 e. The fraction of sp³-hybridized carbons (Fsp3) is 1.00. The number of aliphatic hydroxyl groups excluding tert-OH is 1. The van der Waals surface area contributed by atoms with Crippen molar-refractivity contribution in [2.75, 3.05) is 6.61 Å². The van der Waals surface area contributed by atoms with Gasteiger partial charge in [0.2, 0.25) is 0 Å². The van der Waals surface area contributed by atoms with Crippen molar-refractivity contribution in [3.63, 3.8) is 0 Å². The SMILES string of the molecule is CCC(C)(O)C(C)(C)CO. The molecule has 0 spiro atoms. The molecule has 0 saturated heterocycles. The molecule has 0 fully saturated rings. The van der Waals surface area contributed by atoms with E-state index in [1.165, 1.54) is 0 Å². The van der Waals surface area contributed by atoms with Crippen molar-refractivity contribution in [3.05, 3.63) is 0 Å². The summed E-state index contributed by atoms with van der Waals surface area (Å²) in [5, 5.41) is 18.6. The van der Waals surface area contributed by atoms with Crippen molar-refractivity contribution in [2.45, 2.75) is 39.7 Å². The first-order valence-electron chi connectivity index (χ1n) is 3.70. The van der Waals surface area contributed by atoms with E-state index < -0.39 is 11.0 Å². The van der Waals surface area contributed by atoms with Crippen LogP contribution in [0.25, 0.3) is 0 Å². The van der Waals surface area contributed by atoms with Gasteiger partial charge in [0, 0.05) is 5.41 Å². The summed E-state index contributed by atoms with van der Waals surface area (Å²) in [5.74, 6) is 0. The van der Waals surface area contributed by atoms with Crippen LogP contribution in [0.5, 0.6) is 0 Å². The first kappa shape index (κ1) is 9.92. The van der Waals surface area contributed by atoms with E-state index in [-0.39, 0.29) is 6.61 Å². The standard InChI is InChI=1S/C8H18O2/c1-5-8(4,10)7(2,3)6-9/h9-10H,5-6H2,1-4H3. The second-order valence-electron chi connectivity index (χ2n) is 3.67. The van der Waals surface area contributed by atoms with Crippen LogP contribution in [0.4, 0.5) is 0 Å². The average Bonchev–Trinajstić information content (AvgIpc) is 1.88. The molecule has 0 aromatic heterocycles. The average molecular weight is 146 g/mol. The van der Waals surface area contributed by atoms with Crippen LogP contribution in [0.15, 0.2) is 0 Å². The van der Waals surface area contributed by atoms with Gasteiger partial charge in [-0.3, -0.25) is 0 Å². The highest BCUT2D eigenvalue weighted by Gasteiger charge is 2.36. The zero-order valence-corrected chi connectivity index (χ0v) is 7.31. The zero-order valence-electron chi connectivity index (χ0n) is 7.31. The Balaban J connectivity index is 4.28. The molecule has 0 aliphatic rings. The third-order valence-corrected chi connectivity index (χ3v) is 2.54. The van der Waals surface area contributed by atoms with Crippen molar-refractivity contribution in [3.8, 4) is 0 Å². The Morgan fingerprint density at radius 1 is 1.20 bits per heavy atom. The predicted molar refractivity (Wildman–Crippen MR) is 41.8 cm³/mol. The van der Waals surface area contributed by atoms with E-state index in [1.807, 2.05) is 20.8 Å². The maximum Gasteiger partial charge on any atom is 0.0689 e. The van der Waals surface area contributed by atoms with Crippen molar-refractivity contribution >= 4 is 0 Å². The van der Waals surface area contributed by atoms with Crippen LogP contribution in [0.1, 0.15) is 34.1 Å².